The highest BCUT2D eigenvalue weighted by atomic mass is 16.5. The van der Waals surface area contributed by atoms with Crippen LogP contribution >= 0.6 is 0 Å². The minimum Gasteiger partial charge on any atom is -0.481 e. The van der Waals surface area contributed by atoms with Crippen LogP contribution in [0, 0.1) is 12.8 Å². The molecule has 0 spiro atoms. The second-order valence-electron chi connectivity index (χ2n) is 3.58. The van der Waals surface area contributed by atoms with E-state index in [1.807, 2.05) is 6.92 Å². The SMILES string of the molecule is COc1ncnc(NCC(C)CN)c1C. The summed E-state index contributed by atoms with van der Waals surface area (Å²) < 4.78 is 5.10. The Bertz CT molecular complexity index is 316. The van der Waals surface area contributed by atoms with Gasteiger partial charge in [0.1, 0.15) is 12.1 Å². The van der Waals surface area contributed by atoms with Crippen LogP contribution in [0.25, 0.3) is 0 Å². The maximum absolute atomic E-state index is 5.53. The predicted octanol–water partition coefficient (Wildman–Crippen LogP) is 0.800. The lowest BCUT2D eigenvalue weighted by Crippen LogP contribution is -2.20. The quantitative estimate of drug-likeness (QED) is 0.752. The topological polar surface area (TPSA) is 73.1 Å². The molecule has 1 aromatic heterocycles. The van der Waals surface area contributed by atoms with Gasteiger partial charge in [-0.15, -0.1) is 0 Å². The van der Waals surface area contributed by atoms with Crippen molar-refractivity contribution in [2.75, 3.05) is 25.5 Å². The van der Waals surface area contributed by atoms with Crippen molar-refractivity contribution in [2.24, 2.45) is 11.7 Å². The van der Waals surface area contributed by atoms with Gasteiger partial charge in [0.05, 0.1) is 12.7 Å². The maximum Gasteiger partial charge on any atom is 0.221 e. The molecule has 1 heterocycles. The van der Waals surface area contributed by atoms with Crippen LogP contribution in [0.1, 0.15) is 12.5 Å². The Labute approximate surface area is 90.1 Å². The normalized spacial score (nSPS) is 12.3. The van der Waals surface area contributed by atoms with Crippen molar-refractivity contribution in [1.29, 1.82) is 0 Å². The van der Waals surface area contributed by atoms with Crippen LogP contribution in [0.3, 0.4) is 0 Å². The molecule has 0 bridgehead atoms. The van der Waals surface area contributed by atoms with E-state index < -0.39 is 0 Å². The molecule has 0 fully saturated rings. The number of hydrogen-bond donors (Lipinski definition) is 2. The molecule has 0 saturated heterocycles. The van der Waals surface area contributed by atoms with Gasteiger partial charge in [-0.25, -0.2) is 9.97 Å². The van der Waals surface area contributed by atoms with E-state index in [0.717, 1.165) is 17.9 Å². The van der Waals surface area contributed by atoms with Gasteiger partial charge in [0.2, 0.25) is 5.88 Å². The van der Waals surface area contributed by atoms with Gasteiger partial charge in [-0.3, -0.25) is 0 Å². The number of rotatable bonds is 5. The Kier molecular flexibility index (Phi) is 4.30. The summed E-state index contributed by atoms with van der Waals surface area (Å²) in [5.41, 5.74) is 6.45. The van der Waals surface area contributed by atoms with Crippen LogP contribution in [-0.2, 0) is 0 Å². The highest BCUT2D eigenvalue weighted by Crippen LogP contribution is 2.19. The summed E-state index contributed by atoms with van der Waals surface area (Å²) in [6.07, 6.45) is 1.49. The molecule has 0 aliphatic rings. The van der Waals surface area contributed by atoms with Crippen LogP contribution in [-0.4, -0.2) is 30.2 Å². The van der Waals surface area contributed by atoms with E-state index in [4.69, 9.17) is 10.5 Å². The first-order chi connectivity index (χ1) is 7.19. The number of methoxy groups -OCH3 is 1. The molecule has 5 heteroatoms. The van der Waals surface area contributed by atoms with Crippen molar-refractivity contribution in [3.63, 3.8) is 0 Å². The van der Waals surface area contributed by atoms with Crippen LogP contribution in [0.4, 0.5) is 5.82 Å². The summed E-state index contributed by atoms with van der Waals surface area (Å²) in [7, 11) is 1.60. The molecular formula is C10H18N4O. The molecule has 0 saturated carbocycles. The molecule has 0 amide bonds. The molecule has 0 aliphatic heterocycles. The number of anilines is 1. The summed E-state index contributed by atoms with van der Waals surface area (Å²) in [6, 6.07) is 0. The fraction of sp³-hybridized carbons (Fsp3) is 0.600. The molecule has 1 rings (SSSR count). The second-order valence-corrected chi connectivity index (χ2v) is 3.58. The Morgan fingerprint density at radius 2 is 2.27 bits per heavy atom. The average molecular weight is 210 g/mol. The van der Waals surface area contributed by atoms with Crippen molar-refractivity contribution >= 4 is 5.82 Å². The van der Waals surface area contributed by atoms with E-state index in [9.17, 15) is 0 Å². The van der Waals surface area contributed by atoms with Gasteiger partial charge in [0.15, 0.2) is 0 Å². The highest BCUT2D eigenvalue weighted by molar-refractivity contribution is 5.47. The Balaban J connectivity index is 2.68. The molecule has 84 valence electrons. The lowest BCUT2D eigenvalue weighted by Gasteiger charge is -2.13. The van der Waals surface area contributed by atoms with Crippen molar-refractivity contribution in [3.8, 4) is 5.88 Å². The Morgan fingerprint density at radius 1 is 1.53 bits per heavy atom. The van der Waals surface area contributed by atoms with Crippen LogP contribution in [0.15, 0.2) is 6.33 Å². The first kappa shape index (κ1) is 11.7. The molecule has 0 aromatic carbocycles. The Hall–Kier alpha value is -1.36. The molecule has 3 N–H and O–H groups in total. The number of ether oxygens (including phenoxy) is 1. The van der Waals surface area contributed by atoms with Gasteiger partial charge >= 0.3 is 0 Å². The molecular weight excluding hydrogens is 192 g/mol. The van der Waals surface area contributed by atoms with Gasteiger partial charge in [0.25, 0.3) is 0 Å². The third kappa shape index (κ3) is 3.06. The molecule has 0 aliphatic carbocycles. The zero-order valence-corrected chi connectivity index (χ0v) is 9.45. The van der Waals surface area contributed by atoms with E-state index in [-0.39, 0.29) is 0 Å². The zero-order valence-electron chi connectivity index (χ0n) is 9.45. The van der Waals surface area contributed by atoms with Crippen LogP contribution in [0.2, 0.25) is 0 Å². The van der Waals surface area contributed by atoms with E-state index in [2.05, 4.69) is 22.2 Å². The number of nitrogens with zero attached hydrogens (tertiary/aromatic N) is 2. The average Bonchev–Trinajstić information content (AvgIpc) is 2.27. The van der Waals surface area contributed by atoms with Gasteiger partial charge in [-0.1, -0.05) is 6.92 Å². The highest BCUT2D eigenvalue weighted by Gasteiger charge is 2.07. The molecule has 0 radical (unpaired) electrons. The van der Waals surface area contributed by atoms with Crippen LogP contribution < -0.4 is 15.8 Å². The van der Waals surface area contributed by atoms with Gasteiger partial charge in [-0.2, -0.15) is 0 Å². The second kappa shape index (κ2) is 5.50. The van der Waals surface area contributed by atoms with E-state index >= 15 is 0 Å². The van der Waals surface area contributed by atoms with Crippen molar-refractivity contribution in [2.45, 2.75) is 13.8 Å². The van der Waals surface area contributed by atoms with E-state index in [0.29, 0.717) is 18.3 Å². The van der Waals surface area contributed by atoms with Crippen molar-refractivity contribution < 1.29 is 4.74 Å². The minimum atomic E-state index is 0.422. The van der Waals surface area contributed by atoms with Crippen LogP contribution in [0.5, 0.6) is 5.88 Å². The fourth-order valence-electron chi connectivity index (χ4n) is 1.17. The lowest BCUT2D eigenvalue weighted by molar-refractivity contribution is 0.393. The summed E-state index contributed by atoms with van der Waals surface area (Å²) in [4.78, 5) is 8.16. The smallest absolute Gasteiger partial charge is 0.221 e. The molecule has 1 unspecified atom stereocenters. The number of hydrogen-bond acceptors (Lipinski definition) is 5. The molecule has 1 atom stereocenters. The van der Waals surface area contributed by atoms with Gasteiger partial charge in [-0.05, 0) is 19.4 Å². The lowest BCUT2D eigenvalue weighted by atomic mass is 10.2. The third-order valence-electron chi connectivity index (χ3n) is 2.25. The van der Waals surface area contributed by atoms with Gasteiger partial charge in [0, 0.05) is 6.54 Å². The van der Waals surface area contributed by atoms with Gasteiger partial charge < -0.3 is 15.8 Å². The Morgan fingerprint density at radius 3 is 2.87 bits per heavy atom. The summed E-state index contributed by atoms with van der Waals surface area (Å²) in [5.74, 6) is 1.83. The molecule has 1 aromatic rings. The predicted molar refractivity (Wildman–Crippen MR) is 60.0 cm³/mol. The first-order valence-corrected chi connectivity index (χ1v) is 4.98. The van der Waals surface area contributed by atoms with Crippen molar-refractivity contribution in [1.82, 2.24) is 9.97 Å². The van der Waals surface area contributed by atoms with E-state index in [1.165, 1.54) is 6.33 Å². The fourth-order valence-corrected chi connectivity index (χ4v) is 1.17. The number of nitrogens with two attached hydrogens (primary N) is 1. The largest absolute Gasteiger partial charge is 0.481 e. The molecule has 15 heavy (non-hydrogen) atoms. The number of nitrogens with one attached hydrogen (secondary N) is 1. The van der Waals surface area contributed by atoms with Crippen molar-refractivity contribution in [3.05, 3.63) is 11.9 Å². The van der Waals surface area contributed by atoms with E-state index in [1.54, 1.807) is 7.11 Å². The summed E-state index contributed by atoms with van der Waals surface area (Å²) in [6.45, 7) is 5.47. The monoisotopic (exact) mass is 210 g/mol. The summed E-state index contributed by atoms with van der Waals surface area (Å²) in [5, 5.41) is 3.23. The third-order valence-corrected chi connectivity index (χ3v) is 2.25. The first-order valence-electron chi connectivity index (χ1n) is 4.98. The molecule has 5 nitrogen and oxygen atoms in total. The maximum atomic E-state index is 5.53. The standard InChI is InChI=1S/C10H18N4O/c1-7(4-11)5-12-9-8(2)10(15-3)14-6-13-9/h6-7H,4-5,11H2,1-3H3,(H,12,13,14). The zero-order chi connectivity index (χ0) is 11.3. The minimum absolute atomic E-state index is 0.422. The summed E-state index contributed by atoms with van der Waals surface area (Å²) >= 11 is 0. The number of aromatic nitrogens is 2.